The second kappa shape index (κ2) is 7.11. The van der Waals surface area contributed by atoms with Crippen molar-refractivity contribution in [2.45, 2.75) is 71.1 Å². The highest BCUT2D eigenvalue weighted by Crippen LogP contribution is 2.27. The largest absolute Gasteiger partial charge is 0.446 e. The van der Waals surface area contributed by atoms with Gasteiger partial charge in [0.05, 0.1) is 11.4 Å². The maximum absolute atomic E-state index is 11.8. The predicted octanol–water partition coefficient (Wildman–Crippen LogP) is 3.83. The zero-order valence-electron chi connectivity index (χ0n) is 14.6. The number of aryl methyl sites for hydroxylation is 1. The normalized spacial score (nSPS) is 21.6. The number of hydrogen-bond donors (Lipinski definition) is 3. The van der Waals surface area contributed by atoms with Crippen molar-refractivity contribution in [1.82, 2.24) is 5.32 Å². The molecule has 0 radical (unpaired) electrons. The van der Waals surface area contributed by atoms with Crippen molar-refractivity contribution in [2.75, 3.05) is 11.1 Å². The number of anilines is 2. The van der Waals surface area contributed by atoms with Crippen LogP contribution in [-0.2, 0) is 4.74 Å². The molecule has 1 aliphatic carbocycles. The summed E-state index contributed by atoms with van der Waals surface area (Å²) in [5, 5.41) is 6.34. The molecule has 5 heteroatoms. The minimum absolute atomic E-state index is 0.00534. The maximum Gasteiger partial charge on any atom is 0.407 e. The summed E-state index contributed by atoms with van der Waals surface area (Å²) in [6, 6.07) is 6.45. The van der Waals surface area contributed by atoms with E-state index in [2.05, 4.69) is 16.7 Å². The standard InChI is InChI=1S/C18H29N3O2/c1-12-5-10-16(15(19)11-12)20-13-6-8-14(9-7-13)23-17(22)21-18(2,3)4/h5,10-11,13-14,20H,6-9,19H2,1-4H3,(H,21,22). The van der Waals surface area contributed by atoms with Crippen LogP contribution in [0.15, 0.2) is 18.2 Å². The molecule has 1 aromatic carbocycles. The second-order valence-corrected chi connectivity index (χ2v) is 7.49. The Morgan fingerprint density at radius 2 is 1.87 bits per heavy atom. The van der Waals surface area contributed by atoms with Crippen LogP contribution in [0.25, 0.3) is 0 Å². The van der Waals surface area contributed by atoms with E-state index < -0.39 is 0 Å². The quantitative estimate of drug-likeness (QED) is 0.740. The first kappa shape index (κ1) is 17.4. The Kier molecular flexibility index (Phi) is 5.39. The molecule has 128 valence electrons. The van der Waals surface area contributed by atoms with Crippen molar-refractivity contribution in [1.29, 1.82) is 0 Å². The maximum atomic E-state index is 11.8. The summed E-state index contributed by atoms with van der Waals surface area (Å²) in [6.07, 6.45) is 3.38. The summed E-state index contributed by atoms with van der Waals surface area (Å²) in [7, 11) is 0. The van der Waals surface area contributed by atoms with E-state index in [9.17, 15) is 4.79 Å². The van der Waals surface area contributed by atoms with Crippen LogP contribution in [0.2, 0.25) is 0 Å². The molecule has 0 saturated heterocycles. The molecule has 1 aliphatic rings. The monoisotopic (exact) mass is 319 g/mol. The van der Waals surface area contributed by atoms with Crippen LogP contribution in [0.3, 0.4) is 0 Å². The number of hydrogen-bond acceptors (Lipinski definition) is 4. The number of benzene rings is 1. The summed E-state index contributed by atoms with van der Waals surface area (Å²) in [5.74, 6) is 0. The molecule has 0 spiro atoms. The van der Waals surface area contributed by atoms with Crippen molar-refractivity contribution in [3.05, 3.63) is 23.8 Å². The summed E-state index contributed by atoms with van der Waals surface area (Å²) in [4.78, 5) is 11.8. The van der Waals surface area contributed by atoms with Crippen LogP contribution in [0.5, 0.6) is 0 Å². The van der Waals surface area contributed by atoms with Crippen LogP contribution in [0.4, 0.5) is 16.2 Å². The highest BCUT2D eigenvalue weighted by molar-refractivity contribution is 5.68. The molecule has 0 unspecified atom stereocenters. The Labute approximate surface area is 139 Å². The number of nitrogens with one attached hydrogen (secondary N) is 2. The number of carbonyl (C=O) groups excluding carboxylic acids is 1. The zero-order chi connectivity index (χ0) is 17.0. The molecule has 1 saturated carbocycles. The van der Waals surface area contributed by atoms with Crippen molar-refractivity contribution < 1.29 is 9.53 Å². The van der Waals surface area contributed by atoms with Gasteiger partial charge in [-0.25, -0.2) is 4.79 Å². The fourth-order valence-corrected chi connectivity index (χ4v) is 2.85. The van der Waals surface area contributed by atoms with Crippen molar-refractivity contribution in [2.24, 2.45) is 0 Å². The average molecular weight is 319 g/mol. The molecule has 2 rings (SSSR count). The Morgan fingerprint density at radius 1 is 1.22 bits per heavy atom. The van der Waals surface area contributed by atoms with Gasteiger partial charge in [0.1, 0.15) is 6.10 Å². The molecule has 0 aliphatic heterocycles. The van der Waals surface area contributed by atoms with Crippen LogP contribution < -0.4 is 16.4 Å². The van der Waals surface area contributed by atoms with Gasteiger partial charge >= 0.3 is 6.09 Å². The third-order valence-corrected chi connectivity index (χ3v) is 3.99. The molecule has 0 bridgehead atoms. The van der Waals surface area contributed by atoms with Gasteiger partial charge < -0.3 is 21.1 Å². The minimum atomic E-state index is -0.323. The molecule has 1 amide bonds. The smallest absolute Gasteiger partial charge is 0.407 e. The Hall–Kier alpha value is -1.91. The van der Waals surface area contributed by atoms with Crippen molar-refractivity contribution in [3.63, 3.8) is 0 Å². The van der Waals surface area contributed by atoms with Gasteiger partial charge in [0, 0.05) is 11.6 Å². The van der Waals surface area contributed by atoms with E-state index in [1.54, 1.807) is 0 Å². The highest BCUT2D eigenvalue weighted by atomic mass is 16.6. The Balaban J connectivity index is 1.79. The molecule has 1 aromatic rings. The van der Waals surface area contributed by atoms with Gasteiger partial charge in [-0.3, -0.25) is 0 Å². The summed E-state index contributed by atoms with van der Waals surface area (Å²) < 4.78 is 5.50. The molecular formula is C18H29N3O2. The lowest BCUT2D eigenvalue weighted by atomic mass is 9.92. The molecule has 0 aromatic heterocycles. The van der Waals surface area contributed by atoms with Gasteiger partial charge in [0.15, 0.2) is 0 Å². The third kappa shape index (κ3) is 5.66. The van der Waals surface area contributed by atoms with E-state index in [-0.39, 0.29) is 17.7 Å². The van der Waals surface area contributed by atoms with Gasteiger partial charge in [-0.15, -0.1) is 0 Å². The fraction of sp³-hybridized carbons (Fsp3) is 0.611. The SMILES string of the molecule is Cc1ccc(NC2CCC(OC(=O)NC(C)(C)C)CC2)c(N)c1. The third-order valence-electron chi connectivity index (χ3n) is 3.99. The molecule has 0 heterocycles. The molecule has 5 nitrogen and oxygen atoms in total. The molecular weight excluding hydrogens is 290 g/mol. The number of ether oxygens (including phenoxy) is 1. The van der Waals surface area contributed by atoms with Gasteiger partial charge in [0.25, 0.3) is 0 Å². The van der Waals surface area contributed by atoms with Crippen LogP contribution in [-0.4, -0.2) is 23.8 Å². The van der Waals surface area contributed by atoms with Gasteiger partial charge in [-0.05, 0) is 71.1 Å². The van der Waals surface area contributed by atoms with E-state index in [4.69, 9.17) is 10.5 Å². The van der Waals surface area contributed by atoms with Crippen LogP contribution in [0.1, 0.15) is 52.0 Å². The number of rotatable bonds is 3. The molecule has 23 heavy (non-hydrogen) atoms. The summed E-state index contributed by atoms with van der Waals surface area (Å²) in [6.45, 7) is 7.87. The lowest BCUT2D eigenvalue weighted by molar-refractivity contribution is 0.0682. The van der Waals surface area contributed by atoms with Gasteiger partial charge in [-0.1, -0.05) is 6.07 Å². The Bertz CT molecular complexity index is 544. The second-order valence-electron chi connectivity index (χ2n) is 7.49. The first-order valence-electron chi connectivity index (χ1n) is 8.34. The molecule has 0 atom stereocenters. The summed E-state index contributed by atoms with van der Waals surface area (Å²) >= 11 is 0. The number of carbonyl (C=O) groups is 1. The minimum Gasteiger partial charge on any atom is -0.446 e. The lowest BCUT2D eigenvalue weighted by Gasteiger charge is -2.31. The first-order chi connectivity index (χ1) is 10.7. The average Bonchev–Trinajstić information content (AvgIpc) is 2.42. The number of nitrogen functional groups attached to an aromatic ring is 1. The topological polar surface area (TPSA) is 76.4 Å². The van der Waals surface area contributed by atoms with E-state index in [0.717, 1.165) is 42.6 Å². The van der Waals surface area contributed by atoms with E-state index in [1.165, 1.54) is 0 Å². The highest BCUT2D eigenvalue weighted by Gasteiger charge is 2.25. The summed E-state index contributed by atoms with van der Waals surface area (Å²) in [5.41, 5.74) is 8.72. The zero-order valence-corrected chi connectivity index (χ0v) is 14.6. The fourth-order valence-electron chi connectivity index (χ4n) is 2.85. The number of alkyl carbamates (subject to hydrolysis) is 1. The number of nitrogens with two attached hydrogens (primary N) is 1. The predicted molar refractivity (Wildman–Crippen MR) is 94.6 cm³/mol. The Morgan fingerprint density at radius 3 is 2.43 bits per heavy atom. The van der Waals surface area contributed by atoms with E-state index >= 15 is 0 Å². The van der Waals surface area contributed by atoms with Gasteiger partial charge in [-0.2, -0.15) is 0 Å². The van der Waals surface area contributed by atoms with Gasteiger partial charge in [0.2, 0.25) is 0 Å². The lowest BCUT2D eigenvalue weighted by Crippen LogP contribution is -2.43. The molecule has 4 N–H and O–H groups in total. The van der Waals surface area contributed by atoms with Crippen LogP contribution >= 0.6 is 0 Å². The van der Waals surface area contributed by atoms with Crippen LogP contribution in [0, 0.1) is 6.92 Å². The van der Waals surface area contributed by atoms with Crippen molar-refractivity contribution >= 4 is 17.5 Å². The molecule has 1 fully saturated rings. The number of amides is 1. The first-order valence-corrected chi connectivity index (χ1v) is 8.34. The van der Waals surface area contributed by atoms with E-state index in [0.29, 0.717) is 6.04 Å². The van der Waals surface area contributed by atoms with E-state index in [1.807, 2.05) is 39.8 Å². The van der Waals surface area contributed by atoms with Crippen molar-refractivity contribution in [3.8, 4) is 0 Å².